The van der Waals surface area contributed by atoms with Crippen LogP contribution in [0.15, 0.2) is 48.3 Å². The average molecular weight is 338 g/mol. The van der Waals surface area contributed by atoms with E-state index < -0.39 is 5.97 Å². The summed E-state index contributed by atoms with van der Waals surface area (Å²) >= 11 is 0. The van der Waals surface area contributed by atoms with Gasteiger partial charge in [0, 0.05) is 12.6 Å². The number of hydrogen-bond acceptors (Lipinski definition) is 5. The molecule has 0 unspecified atom stereocenters. The van der Waals surface area contributed by atoms with Crippen LogP contribution in [0.2, 0.25) is 0 Å². The Balaban J connectivity index is 1.62. The van der Waals surface area contributed by atoms with Gasteiger partial charge in [-0.1, -0.05) is 23.8 Å². The topological polar surface area (TPSA) is 87.1 Å². The fraction of sp³-hybridized carbons (Fsp3) is 0.316. The lowest BCUT2D eigenvalue weighted by atomic mass is 9.97. The van der Waals surface area contributed by atoms with E-state index in [1.807, 2.05) is 0 Å². The monoisotopic (exact) mass is 338 g/mol. The van der Waals surface area contributed by atoms with E-state index in [-0.39, 0.29) is 5.56 Å². The number of carboxylic acid groups (broad SMARTS) is 1. The second-order valence-corrected chi connectivity index (χ2v) is 6.05. The molecule has 1 aromatic carbocycles. The van der Waals surface area contributed by atoms with E-state index in [9.17, 15) is 9.90 Å². The van der Waals surface area contributed by atoms with Gasteiger partial charge in [0.15, 0.2) is 0 Å². The summed E-state index contributed by atoms with van der Waals surface area (Å²) in [5, 5.41) is 15.6. The van der Waals surface area contributed by atoms with Crippen molar-refractivity contribution in [3.63, 3.8) is 0 Å². The molecule has 130 valence electrons. The van der Waals surface area contributed by atoms with Crippen LogP contribution in [0, 0.1) is 0 Å². The van der Waals surface area contributed by atoms with Crippen LogP contribution in [0.3, 0.4) is 0 Å². The highest BCUT2D eigenvalue weighted by molar-refractivity contribution is 5.95. The van der Waals surface area contributed by atoms with Crippen LogP contribution < -0.4 is 10.6 Å². The van der Waals surface area contributed by atoms with Crippen molar-refractivity contribution in [2.75, 3.05) is 17.2 Å². The number of aromatic nitrogens is 2. The van der Waals surface area contributed by atoms with Gasteiger partial charge >= 0.3 is 5.97 Å². The smallest absolute Gasteiger partial charge is 0.337 e. The maximum Gasteiger partial charge on any atom is 0.337 e. The van der Waals surface area contributed by atoms with Gasteiger partial charge in [0.25, 0.3) is 0 Å². The second-order valence-electron chi connectivity index (χ2n) is 6.05. The van der Waals surface area contributed by atoms with Gasteiger partial charge in [-0.25, -0.2) is 14.8 Å². The van der Waals surface area contributed by atoms with Crippen LogP contribution in [-0.2, 0) is 0 Å². The third kappa shape index (κ3) is 4.79. The van der Waals surface area contributed by atoms with Crippen molar-refractivity contribution in [3.05, 3.63) is 53.9 Å². The predicted molar refractivity (Wildman–Crippen MR) is 98.4 cm³/mol. The van der Waals surface area contributed by atoms with E-state index >= 15 is 0 Å². The summed E-state index contributed by atoms with van der Waals surface area (Å²) in [6.45, 7) is 0.827. The Bertz CT molecular complexity index is 774. The summed E-state index contributed by atoms with van der Waals surface area (Å²) < 4.78 is 0. The molecule has 0 atom stereocenters. The first kappa shape index (κ1) is 17.0. The Hall–Kier alpha value is -2.89. The molecule has 0 saturated carbocycles. The van der Waals surface area contributed by atoms with Gasteiger partial charge < -0.3 is 15.7 Å². The van der Waals surface area contributed by atoms with Gasteiger partial charge in [-0.3, -0.25) is 0 Å². The number of rotatable bonds is 7. The molecule has 6 heteroatoms. The minimum Gasteiger partial charge on any atom is -0.478 e. The molecule has 1 aliphatic carbocycles. The second kappa shape index (κ2) is 8.28. The molecule has 0 radical (unpaired) electrons. The Morgan fingerprint density at radius 2 is 2.00 bits per heavy atom. The van der Waals surface area contributed by atoms with Gasteiger partial charge in [-0.2, -0.15) is 0 Å². The maximum absolute atomic E-state index is 11.3. The molecule has 0 amide bonds. The minimum atomic E-state index is -0.976. The number of aromatic carboxylic acids is 1. The molecular formula is C19H22N4O2. The maximum atomic E-state index is 11.3. The van der Waals surface area contributed by atoms with Crippen molar-refractivity contribution in [2.24, 2.45) is 0 Å². The summed E-state index contributed by atoms with van der Waals surface area (Å²) in [6.07, 6.45) is 9.82. The van der Waals surface area contributed by atoms with Gasteiger partial charge in [-0.05, 0) is 44.2 Å². The molecule has 0 saturated heterocycles. The summed E-state index contributed by atoms with van der Waals surface area (Å²) in [5.41, 5.74) is 2.23. The Kier molecular flexibility index (Phi) is 5.61. The normalized spacial score (nSPS) is 13.8. The van der Waals surface area contributed by atoms with E-state index in [0.29, 0.717) is 11.5 Å². The molecule has 3 N–H and O–H groups in total. The first-order chi connectivity index (χ1) is 12.2. The van der Waals surface area contributed by atoms with Crippen LogP contribution in [0.1, 0.15) is 42.5 Å². The number of anilines is 3. The SMILES string of the molecule is O=C(O)c1ccccc1Nc1cc(NCCC2=CCCCC2)ncn1. The number of allylic oxidation sites excluding steroid dienone is 1. The standard InChI is InChI=1S/C19H22N4O2/c24-19(25)15-8-4-5-9-16(15)23-18-12-17(21-13-22-18)20-11-10-14-6-2-1-3-7-14/h4-6,8-9,12-13H,1-3,7,10-11H2,(H,24,25)(H2,20,21,22,23). The zero-order valence-corrected chi connectivity index (χ0v) is 14.0. The number of para-hydroxylation sites is 1. The molecule has 6 nitrogen and oxygen atoms in total. The van der Waals surface area contributed by atoms with Crippen molar-refractivity contribution in [1.82, 2.24) is 9.97 Å². The van der Waals surface area contributed by atoms with E-state index in [4.69, 9.17) is 0 Å². The highest BCUT2D eigenvalue weighted by atomic mass is 16.4. The quantitative estimate of drug-likeness (QED) is 0.655. The van der Waals surface area contributed by atoms with Crippen LogP contribution in [0.25, 0.3) is 0 Å². The number of nitrogens with one attached hydrogen (secondary N) is 2. The zero-order chi connectivity index (χ0) is 17.5. The summed E-state index contributed by atoms with van der Waals surface area (Å²) in [4.78, 5) is 19.7. The fourth-order valence-corrected chi connectivity index (χ4v) is 2.92. The molecule has 0 fully saturated rings. The first-order valence-corrected chi connectivity index (χ1v) is 8.55. The van der Waals surface area contributed by atoms with Crippen LogP contribution in [0.4, 0.5) is 17.3 Å². The lowest BCUT2D eigenvalue weighted by molar-refractivity contribution is 0.0698. The molecule has 1 aromatic heterocycles. The zero-order valence-electron chi connectivity index (χ0n) is 14.0. The first-order valence-electron chi connectivity index (χ1n) is 8.55. The molecule has 3 rings (SSSR count). The molecular weight excluding hydrogens is 316 g/mol. The van der Waals surface area contributed by atoms with Gasteiger partial charge in [-0.15, -0.1) is 0 Å². The molecule has 25 heavy (non-hydrogen) atoms. The molecule has 0 aliphatic heterocycles. The van der Waals surface area contributed by atoms with E-state index in [2.05, 4.69) is 26.7 Å². The van der Waals surface area contributed by atoms with Crippen molar-refractivity contribution in [2.45, 2.75) is 32.1 Å². The van der Waals surface area contributed by atoms with Crippen LogP contribution in [-0.4, -0.2) is 27.6 Å². The van der Waals surface area contributed by atoms with E-state index in [0.717, 1.165) is 18.8 Å². The van der Waals surface area contributed by atoms with Crippen molar-refractivity contribution in [3.8, 4) is 0 Å². The summed E-state index contributed by atoms with van der Waals surface area (Å²) in [7, 11) is 0. The van der Waals surface area contributed by atoms with Gasteiger partial charge in [0.1, 0.15) is 18.0 Å². The van der Waals surface area contributed by atoms with Crippen LogP contribution >= 0.6 is 0 Å². The Labute approximate surface area is 147 Å². The Morgan fingerprint density at radius 1 is 1.16 bits per heavy atom. The van der Waals surface area contributed by atoms with Crippen molar-refractivity contribution in [1.29, 1.82) is 0 Å². The highest BCUT2D eigenvalue weighted by Gasteiger charge is 2.10. The number of carboxylic acids is 1. The van der Waals surface area contributed by atoms with Crippen molar-refractivity contribution >= 4 is 23.3 Å². The predicted octanol–water partition coefficient (Wildman–Crippen LogP) is 4.22. The third-order valence-electron chi connectivity index (χ3n) is 4.22. The number of hydrogen-bond donors (Lipinski definition) is 3. The molecule has 1 aliphatic rings. The minimum absolute atomic E-state index is 0.208. The Morgan fingerprint density at radius 3 is 2.80 bits per heavy atom. The fourth-order valence-electron chi connectivity index (χ4n) is 2.92. The molecule has 0 bridgehead atoms. The summed E-state index contributed by atoms with van der Waals surface area (Å²) in [6, 6.07) is 8.54. The lowest BCUT2D eigenvalue weighted by Gasteiger charge is -2.13. The lowest BCUT2D eigenvalue weighted by Crippen LogP contribution is -2.07. The van der Waals surface area contributed by atoms with Crippen molar-refractivity contribution < 1.29 is 9.90 Å². The third-order valence-corrected chi connectivity index (χ3v) is 4.22. The van der Waals surface area contributed by atoms with Gasteiger partial charge in [0.05, 0.1) is 11.3 Å². The number of carbonyl (C=O) groups is 1. The number of nitrogens with zero attached hydrogens (tertiary/aromatic N) is 2. The van der Waals surface area contributed by atoms with E-state index in [1.165, 1.54) is 37.6 Å². The molecule has 0 spiro atoms. The van der Waals surface area contributed by atoms with Gasteiger partial charge in [0.2, 0.25) is 0 Å². The largest absolute Gasteiger partial charge is 0.478 e. The van der Waals surface area contributed by atoms with E-state index in [1.54, 1.807) is 30.3 Å². The number of benzene rings is 1. The average Bonchev–Trinajstić information content (AvgIpc) is 2.63. The molecule has 1 heterocycles. The molecule has 2 aromatic rings. The summed E-state index contributed by atoms with van der Waals surface area (Å²) in [5.74, 6) is 0.307. The van der Waals surface area contributed by atoms with Crippen LogP contribution in [0.5, 0.6) is 0 Å². The highest BCUT2D eigenvalue weighted by Crippen LogP contribution is 2.22.